The highest BCUT2D eigenvalue weighted by molar-refractivity contribution is 6.22. The lowest BCUT2D eigenvalue weighted by Gasteiger charge is -2.46. The minimum Gasteiger partial charge on any atom is -0.508 e. The quantitative estimate of drug-likeness (QED) is 0.336. The first-order valence-corrected chi connectivity index (χ1v) is 13.8. The topological polar surface area (TPSA) is 161 Å². The van der Waals surface area contributed by atoms with Crippen molar-refractivity contribution in [2.24, 2.45) is 17.6 Å². The Morgan fingerprint density at radius 3 is 2.28 bits per heavy atom. The van der Waals surface area contributed by atoms with Gasteiger partial charge in [-0.3, -0.25) is 19.3 Å². The fourth-order valence-electron chi connectivity index (χ4n) is 7.48. The van der Waals surface area contributed by atoms with Crippen LogP contribution in [0, 0.1) is 11.8 Å². The number of primary amides is 1. The standard InChI is InChI=1S/C31H29F3N2O7/c1-36(18-7-13-4-2-3-5-14(13)8-18)12-16-10-20(37)23-19(25(16)31(32,33)34)9-15-6-17-11-21(38)24(29(35)42)28(41)30(17,43)27(40)22(15)26(23)39/h2-5,10,15,17-18,37,39,41,43H,6-9,11-12H2,1H3,(H2,35,42)/t15?,17-,30-/m0/s1. The maximum atomic E-state index is 14.8. The molecule has 12 heteroatoms. The molecule has 9 nitrogen and oxygen atoms in total. The van der Waals surface area contributed by atoms with Gasteiger partial charge >= 0.3 is 6.18 Å². The monoisotopic (exact) mass is 598 g/mol. The van der Waals surface area contributed by atoms with Gasteiger partial charge < -0.3 is 26.2 Å². The van der Waals surface area contributed by atoms with Crippen LogP contribution in [0.1, 0.15) is 46.2 Å². The number of nitrogens with zero attached hydrogens (tertiary/aromatic N) is 1. The molecule has 43 heavy (non-hydrogen) atoms. The Morgan fingerprint density at radius 2 is 1.70 bits per heavy atom. The number of nitrogens with two attached hydrogens (primary N) is 1. The number of ketones is 2. The van der Waals surface area contributed by atoms with Crippen LogP contribution in [-0.2, 0) is 46.4 Å². The zero-order valence-electron chi connectivity index (χ0n) is 23.0. The van der Waals surface area contributed by atoms with Crippen LogP contribution in [0.2, 0.25) is 0 Å². The number of aliphatic hydroxyl groups excluding tert-OH is 2. The molecule has 0 spiro atoms. The van der Waals surface area contributed by atoms with Crippen molar-refractivity contribution in [1.29, 1.82) is 0 Å². The summed E-state index contributed by atoms with van der Waals surface area (Å²) in [6, 6.07) is 8.65. The number of phenolic OH excluding ortho intramolecular Hbond substituents is 1. The molecule has 1 saturated carbocycles. The Labute approximate surface area is 243 Å². The van der Waals surface area contributed by atoms with Crippen molar-refractivity contribution in [2.45, 2.75) is 56.5 Å². The number of carbonyl (C=O) groups excluding carboxylic acids is 3. The van der Waals surface area contributed by atoms with Gasteiger partial charge in [0.1, 0.15) is 22.8 Å². The molecule has 2 aromatic rings. The molecule has 0 saturated heterocycles. The van der Waals surface area contributed by atoms with Gasteiger partial charge in [-0.1, -0.05) is 24.3 Å². The Kier molecular flexibility index (Phi) is 6.51. The highest BCUT2D eigenvalue weighted by atomic mass is 19.4. The summed E-state index contributed by atoms with van der Waals surface area (Å²) in [5.41, 5.74) is 0.997. The molecule has 1 fully saturated rings. The van der Waals surface area contributed by atoms with Crippen LogP contribution in [0.15, 0.2) is 47.2 Å². The average molecular weight is 599 g/mol. The van der Waals surface area contributed by atoms with Crippen LogP contribution in [0.3, 0.4) is 0 Å². The van der Waals surface area contributed by atoms with E-state index >= 15 is 0 Å². The number of amides is 1. The summed E-state index contributed by atoms with van der Waals surface area (Å²) in [6.45, 7) is -0.152. The number of rotatable bonds is 4. The van der Waals surface area contributed by atoms with Crippen molar-refractivity contribution >= 4 is 23.2 Å². The minimum absolute atomic E-state index is 0.0694. The summed E-state index contributed by atoms with van der Waals surface area (Å²) in [6.07, 6.45) is -4.82. The number of aliphatic hydroxyl groups is 3. The number of aromatic hydroxyl groups is 1. The third-order valence-electron chi connectivity index (χ3n) is 9.50. The summed E-state index contributed by atoms with van der Waals surface area (Å²) < 4.78 is 44.3. The third-order valence-corrected chi connectivity index (χ3v) is 9.50. The summed E-state index contributed by atoms with van der Waals surface area (Å²) in [5.74, 6) is -8.76. The lowest BCUT2D eigenvalue weighted by atomic mass is 9.59. The summed E-state index contributed by atoms with van der Waals surface area (Å²) in [7, 11) is 1.71. The van der Waals surface area contributed by atoms with E-state index in [-0.39, 0.29) is 24.6 Å². The number of carbonyl (C=O) groups is 3. The van der Waals surface area contributed by atoms with Crippen molar-refractivity contribution < 1.29 is 48.0 Å². The summed E-state index contributed by atoms with van der Waals surface area (Å²) >= 11 is 0. The Bertz CT molecular complexity index is 1650. The normalized spacial score (nSPS) is 25.5. The van der Waals surface area contributed by atoms with Crippen LogP contribution < -0.4 is 5.73 Å². The van der Waals surface area contributed by atoms with Crippen LogP contribution in [0.4, 0.5) is 13.2 Å². The molecular formula is C31H29F3N2O7. The van der Waals surface area contributed by atoms with Crippen LogP contribution in [-0.4, -0.2) is 61.5 Å². The Morgan fingerprint density at radius 1 is 1.07 bits per heavy atom. The van der Waals surface area contributed by atoms with Gasteiger partial charge in [0.15, 0.2) is 11.4 Å². The van der Waals surface area contributed by atoms with Gasteiger partial charge in [0.05, 0.1) is 11.1 Å². The van der Waals surface area contributed by atoms with E-state index in [9.17, 15) is 48.0 Å². The van der Waals surface area contributed by atoms with Crippen LogP contribution in [0.5, 0.6) is 5.75 Å². The molecular weight excluding hydrogens is 569 g/mol. The lowest BCUT2D eigenvalue weighted by Crippen LogP contribution is -2.58. The second-order valence-electron chi connectivity index (χ2n) is 11.9. The zero-order valence-corrected chi connectivity index (χ0v) is 23.0. The first kappa shape index (κ1) is 28.9. The van der Waals surface area contributed by atoms with Crippen molar-refractivity contribution in [3.8, 4) is 5.75 Å². The van der Waals surface area contributed by atoms with Gasteiger partial charge in [-0.05, 0) is 67.0 Å². The van der Waals surface area contributed by atoms with E-state index < -0.39 is 99.0 Å². The SMILES string of the molecule is CN(Cc1cc(O)c2c(c1C(F)(F)F)CC1C[C@H]3CC(=O)C(C(N)=O)=C(O)[C@@]3(O)C(=O)C1=C2O)C1Cc2ccccc2C1. The molecule has 0 aromatic heterocycles. The van der Waals surface area contributed by atoms with E-state index in [0.717, 1.165) is 17.2 Å². The number of hydrogen-bond donors (Lipinski definition) is 5. The van der Waals surface area contributed by atoms with Crippen molar-refractivity contribution in [2.75, 3.05) is 7.05 Å². The molecule has 4 aliphatic rings. The molecule has 2 aromatic carbocycles. The van der Waals surface area contributed by atoms with Gasteiger partial charge in [-0.2, -0.15) is 13.2 Å². The van der Waals surface area contributed by atoms with Crippen LogP contribution in [0.25, 0.3) is 5.76 Å². The fraction of sp³-hybridized carbons (Fsp3) is 0.387. The van der Waals surface area contributed by atoms with Gasteiger partial charge in [-0.25, -0.2) is 0 Å². The van der Waals surface area contributed by atoms with Crippen molar-refractivity contribution in [3.05, 3.63) is 80.6 Å². The molecule has 1 amide bonds. The number of Topliss-reactive ketones (excluding diaryl/α,β-unsaturated/α-hetero) is 2. The van der Waals surface area contributed by atoms with E-state index in [1.54, 1.807) is 11.9 Å². The minimum atomic E-state index is -4.89. The third kappa shape index (κ3) is 4.26. The van der Waals surface area contributed by atoms with Crippen molar-refractivity contribution in [3.63, 3.8) is 0 Å². The van der Waals surface area contributed by atoms with E-state index in [4.69, 9.17) is 5.73 Å². The molecule has 0 aliphatic heterocycles. The van der Waals surface area contributed by atoms with E-state index in [1.165, 1.54) is 0 Å². The van der Waals surface area contributed by atoms with E-state index in [0.29, 0.717) is 12.8 Å². The molecule has 3 atom stereocenters. The highest BCUT2D eigenvalue weighted by Gasteiger charge is 2.60. The number of benzene rings is 2. The number of hydrogen-bond acceptors (Lipinski definition) is 8. The number of halogens is 3. The predicted molar refractivity (Wildman–Crippen MR) is 145 cm³/mol. The summed E-state index contributed by atoms with van der Waals surface area (Å²) in [4.78, 5) is 39.8. The fourth-order valence-corrected chi connectivity index (χ4v) is 7.48. The molecule has 0 heterocycles. The first-order chi connectivity index (χ1) is 20.1. The smallest absolute Gasteiger partial charge is 0.417 e. The highest BCUT2D eigenvalue weighted by Crippen LogP contribution is 2.54. The molecule has 1 unspecified atom stereocenters. The number of phenols is 1. The summed E-state index contributed by atoms with van der Waals surface area (Å²) in [5, 5.41) is 44.2. The molecule has 6 N–H and O–H groups in total. The predicted octanol–water partition coefficient (Wildman–Crippen LogP) is 3.04. The van der Waals surface area contributed by atoms with E-state index in [2.05, 4.69) is 0 Å². The van der Waals surface area contributed by atoms with Gasteiger partial charge in [0.2, 0.25) is 5.78 Å². The molecule has 226 valence electrons. The van der Waals surface area contributed by atoms with Gasteiger partial charge in [0.25, 0.3) is 5.91 Å². The molecule has 6 rings (SSSR count). The molecule has 0 radical (unpaired) electrons. The maximum absolute atomic E-state index is 14.8. The first-order valence-electron chi connectivity index (χ1n) is 13.8. The Hall–Kier alpha value is -4.16. The number of likely N-dealkylation sites (N-methyl/N-ethyl adjacent to an activating group) is 1. The average Bonchev–Trinajstić information content (AvgIpc) is 3.34. The van der Waals surface area contributed by atoms with E-state index in [1.807, 2.05) is 24.3 Å². The number of alkyl halides is 3. The Balaban J connectivity index is 1.43. The maximum Gasteiger partial charge on any atom is 0.417 e. The van der Waals surface area contributed by atoms with Crippen molar-refractivity contribution in [1.82, 2.24) is 4.90 Å². The lowest BCUT2D eigenvalue weighted by molar-refractivity contribution is -0.147. The molecule has 0 bridgehead atoms. The zero-order chi connectivity index (χ0) is 31.2. The number of fused-ring (bicyclic) bond motifs is 4. The largest absolute Gasteiger partial charge is 0.508 e. The van der Waals surface area contributed by atoms with Crippen LogP contribution >= 0.6 is 0 Å². The van der Waals surface area contributed by atoms with Gasteiger partial charge in [-0.15, -0.1) is 0 Å². The second-order valence-corrected chi connectivity index (χ2v) is 11.9. The van der Waals surface area contributed by atoms with Gasteiger partial charge in [0, 0.05) is 30.5 Å². The second kappa shape index (κ2) is 9.68. The molecule has 4 aliphatic carbocycles.